The number of rotatable bonds is 14. The number of aromatic carboxylic acids is 1. The van der Waals surface area contributed by atoms with Crippen LogP contribution in [-0.2, 0) is 20.0 Å². The molecule has 1 aromatic heterocycles. The maximum absolute atomic E-state index is 10.9. The number of benzene rings is 1. The minimum Gasteiger partial charge on any atom is -0.545 e. The highest BCUT2D eigenvalue weighted by Gasteiger charge is 2.18. The van der Waals surface area contributed by atoms with E-state index in [1.807, 2.05) is 12.1 Å². The van der Waals surface area contributed by atoms with Crippen LogP contribution < -0.4 is 9.67 Å². The summed E-state index contributed by atoms with van der Waals surface area (Å²) < 4.78 is 4.58. The summed E-state index contributed by atoms with van der Waals surface area (Å²) in [4.78, 5) is 10.9. The summed E-state index contributed by atoms with van der Waals surface area (Å²) in [5.41, 5.74) is 2.59. The number of carbonyl (C=O) groups excluding carboxylic acids is 1. The lowest BCUT2D eigenvalue weighted by Crippen LogP contribution is -2.37. The SMILES string of the molecule is CCCCCCCCCCCCc1n(C)c(C)c[n+]1Cc1ccc(C(=O)[O-])cc1. The molecule has 2 aromatic rings. The van der Waals surface area contributed by atoms with Crippen molar-refractivity contribution in [3.05, 3.63) is 53.1 Å². The third-order valence-electron chi connectivity index (χ3n) is 5.89. The highest BCUT2D eigenvalue weighted by atomic mass is 16.4. The molecule has 0 spiro atoms. The smallest absolute Gasteiger partial charge is 0.256 e. The van der Waals surface area contributed by atoms with Crippen molar-refractivity contribution in [2.45, 2.75) is 91.0 Å². The van der Waals surface area contributed by atoms with Gasteiger partial charge in [0.05, 0.1) is 13.0 Å². The molecule has 0 unspecified atom stereocenters. The van der Waals surface area contributed by atoms with Crippen molar-refractivity contribution in [2.75, 3.05) is 0 Å². The first-order valence-electron chi connectivity index (χ1n) is 11.4. The van der Waals surface area contributed by atoms with Crippen molar-refractivity contribution in [2.24, 2.45) is 7.05 Å². The molecule has 1 heterocycles. The first kappa shape index (κ1) is 23.2. The molecule has 0 radical (unpaired) electrons. The Bertz CT molecular complexity index is 747. The number of carboxylic acids is 1. The van der Waals surface area contributed by atoms with Gasteiger partial charge in [-0.25, -0.2) is 9.13 Å². The van der Waals surface area contributed by atoms with Crippen LogP contribution in [0.1, 0.15) is 98.6 Å². The Kier molecular flexibility index (Phi) is 9.96. The number of carbonyl (C=O) groups is 1. The van der Waals surface area contributed by atoms with E-state index in [1.165, 1.54) is 75.7 Å². The second-order valence-electron chi connectivity index (χ2n) is 8.29. The molecular weight excluding hydrogens is 360 g/mol. The third kappa shape index (κ3) is 7.68. The summed E-state index contributed by atoms with van der Waals surface area (Å²) in [7, 11) is 2.14. The van der Waals surface area contributed by atoms with Crippen molar-refractivity contribution >= 4 is 5.97 Å². The van der Waals surface area contributed by atoms with Crippen LogP contribution in [0, 0.1) is 6.92 Å². The number of aromatic nitrogens is 2. The molecule has 1 aromatic carbocycles. The van der Waals surface area contributed by atoms with E-state index in [1.54, 1.807) is 12.1 Å². The quantitative estimate of drug-likeness (QED) is 0.348. The minimum atomic E-state index is -1.12. The first-order valence-corrected chi connectivity index (χ1v) is 11.4. The van der Waals surface area contributed by atoms with Gasteiger partial charge in [0, 0.05) is 13.3 Å². The van der Waals surface area contributed by atoms with Gasteiger partial charge < -0.3 is 9.90 Å². The summed E-state index contributed by atoms with van der Waals surface area (Å²) in [6.07, 6.45) is 16.8. The molecule has 0 aliphatic rings. The van der Waals surface area contributed by atoms with Crippen molar-refractivity contribution in [3.8, 4) is 0 Å². The van der Waals surface area contributed by atoms with E-state index in [9.17, 15) is 9.90 Å². The molecule has 0 bridgehead atoms. The van der Waals surface area contributed by atoms with Gasteiger partial charge in [0.2, 0.25) is 0 Å². The zero-order valence-corrected chi connectivity index (χ0v) is 18.6. The Morgan fingerprint density at radius 1 is 0.931 bits per heavy atom. The second kappa shape index (κ2) is 12.5. The summed E-state index contributed by atoms with van der Waals surface area (Å²) in [6.45, 7) is 5.17. The molecule has 0 amide bonds. The van der Waals surface area contributed by atoms with Gasteiger partial charge in [-0.2, -0.15) is 0 Å². The van der Waals surface area contributed by atoms with Gasteiger partial charge in [-0.05, 0) is 17.5 Å². The number of aryl methyl sites for hydroxylation is 1. The normalized spacial score (nSPS) is 11.1. The zero-order valence-electron chi connectivity index (χ0n) is 18.6. The van der Waals surface area contributed by atoms with Gasteiger partial charge in [0.1, 0.15) is 18.4 Å². The number of hydrogen-bond donors (Lipinski definition) is 0. The second-order valence-corrected chi connectivity index (χ2v) is 8.29. The third-order valence-corrected chi connectivity index (χ3v) is 5.89. The Morgan fingerprint density at radius 2 is 1.48 bits per heavy atom. The van der Waals surface area contributed by atoms with E-state index in [0.717, 1.165) is 18.5 Å². The van der Waals surface area contributed by atoms with Crippen molar-refractivity contribution < 1.29 is 14.5 Å². The number of nitrogens with zero attached hydrogens (tertiary/aromatic N) is 2. The molecule has 0 aliphatic heterocycles. The summed E-state index contributed by atoms with van der Waals surface area (Å²) >= 11 is 0. The van der Waals surface area contributed by atoms with Gasteiger partial charge in [-0.1, -0.05) is 89.0 Å². The van der Waals surface area contributed by atoms with E-state index >= 15 is 0 Å². The van der Waals surface area contributed by atoms with E-state index in [2.05, 4.69) is 36.2 Å². The van der Waals surface area contributed by atoms with Gasteiger partial charge in [0.15, 0.2) is 0 Å². The maximum atomic E-state index is 10.9. The van der Waals surface area contributed by atoms with Crippen LogP contribution in [0.4, 0.5) is 0 Å². The average molecular weight is 399 g/mol. The van der Waals surface area contributed by atoms with Crippen LogP contribution in [0.15, 0.2) is 30.5 Å². The Balaban J connectivity index is 1.78. The first-order chi connectivity index (χ1) is 14.0. The molecule has 0 N–H and O–H groups in total. The molecule has 2 rings (SSSR count). The molecule has 0 aliphatic carbocycles. The predicted octanol–water partition coefficient (Wildman–Crippen LogP) is 4.50. The van der Waals surface area contributed by atoms with Crippen LogP contribution in [0.25, 0.3) is 0 Å². The number of imidazole rings is 1. The van der Waals surface area contributed by atoms with E-state index in [4.69, 9.17) is 0 Å². The van der Waals surface area contributed by atoms with Crippen molar-refractivity contribution in [1.29, 1.82) is 0 Å². The highest BCUT2D eigenvalue weighted by molar-refractivity contribution is 5.85. The molecule has 29 heavy (non-hydrogen) atoms. The van der Waals surface area contributed by atoms with E-state index in [0.29, 0.717) is 0 Å². The lowest BCUT2D eigenvalue weighted by molar-refractivity contribution is -0.695. The number of hydrogen-bond acceptors (Lipinski definition) is 2. The van der Waals surface area contributed by atoms with Crippen LogP contribution >= 0.6 is 0 Å². The Hall–Kier alpha value is -2.10. The van der Waals surface area contributed by atoms with Gasteiger partial charge in [-0.15, -0.1) is 0 Å². The standard InChI is InChI=1S/C25H38N2O2/c1-4-5-6-7-8-9-10-11-12-13-14-24-26(3)21(2)19-27(24)20-22-15-17-23(18-16-22)25(28)29/h15-19H,4-14,20H2,1-3H3. The molecule has 0 fully saturated rings. The van der Waals surface area contributed by atoms with Gasteiger partial charge in [0.25, 0.3) is 5.82 Å². The van der Waals surface area contributed by atoms with E-state index < -0.39 is 5.97 Å². The monoisotopic (exact) mass is 398 g/mol. The largest absolute Gasteiger partial charge is 0.545 e. The number of unbranched alkanes of at least 4 members (excludes halogenated alkanes) is 9. The molecule has 0 saturated carbocycles. The van der Waals surface area contributed by atoms with Crippen molar-refractivity contribution in [1.82, 2.24) is 4.57 Å². The van der Waals surface area contributed by atoms with Crippen LogP contribution in [0.5, 0.6) is 0 Å². The van der Waals surface area contributed by atoms with E-state index in [-0.39, 0.29) is 5.56 Å². The highest BCUT2D eigenvalue weighted by Crippen LogP contribution is 2.13. The molecule has 4 nitrogen and oxygen atoms in total. The summed E-state index contributed by atoms with van der Waals surface area (Å²) in [5, 5.41) is 10.9. The predicted molar refractivity (Wildman–Crippen MR) is 116 cm³/mol. The lowest BCUT2D eigenvalue weighted by Gasteiger charge is -2.06. The molecule has 160 valence electrons. The Morgan fingerprint density at radius 3 is 2.03 bits per heavy atom. The fourth-order valence-corrected chi connectivity index (χ4v) is 3.94. The average Bonchev–Trinajstić information content (AvgIpc) is 2.97. The lowest BCUT2D eigenvalue weighted by atomic mass is 10.1. The van der Waals surface area contributed by atoms with Crippen LogP contribution in [0.2, 0.25) is 0 Å². The summed E-state index contributed by atoms with van der Waals surface area (Å²) in [5.74, 6) is 0.215. The Labute approximate surface area is 176 Å². The minimum absolute atomic E-state index is 0.230. The zero-order chi connectivity index (χ0) is 21.1. The molecule has 4 heteroatoms. The molecular formula is C25H38N2O2. The van der Waals surface area contributed by atoms with Gasteiger partial charge in [-0.3, -0.25) is 0 Å². The fraction of sp³-hybridized carbons (Fsp3) is 0.600. The van der Waals surface area contributed by atoms with Crippen LogP contribution in [0.3, 0.4) is 0 Å². The topological polar surface area (TPSA) is 48.9 Å². The fourth-order valence-electron chi connectivity index (χ4n) is 3.94. The maximum Gasteiger partial charge on any atom is 0.256 e. The summed E-state index contributed by atoms with van der Waals surface area (Å²) in [6, 6.07) is 7.02. The van der Waals surface area contributed by atoms with Crippen molar-refractivity contribution in [3.63, 3.8) is 0 Å². The molecule has 0 saturated heterocycles. The molecule has 0 atom stereocenters. The van der Waals surface area contributed by atoms with Crippen LogP contribution in [-0.4, -0.2) is 10.5 Å². The van der Waals surface area contributed by atoms with Gasteiger partial charge >= 0.3 is 0 Å². The number of carboxylic acid groups (broad SMARTS) is 1.